The fraction of sp³-hybridized carbons (Fsp3) is 0.938. The van der Waals surface area contributed by atoms with E-state index in [1.165, 1.54) is 128 Å². The largest absolute Gasteiger partial charge is 0.472 e. The molecule has 3 unspecified atom stereocenters. The van der Waals surface area contributed by atoms with Gasteiger partial charge in [0.1, 0.15) is 19.3 Å². The van der Waals surface area contributed by atoms with E-state index < -0.39 is 97.5 Å². The SMILES string of the molecule is CCCCCCCCCCCCCCCCCC(=O)O[C@H](COC(=O)CCCCCCCCCCCCC(C)C)COP(=O)(O)OC[C@@H](O)COP(=O)(O)OC[C@@H](COC(=O)CCCCCCC)OC(=O)CCCCCCCCC(C)CC. The van der Waals surface area contributed by atoms with Crippen LogP contribution in [0.3, 0.4) is 0 Å². The summed E-state index contributed by atoms with van der Waals surface area (Å²) in [6.07, 6.45) is 39.3. The van der Waals surface area contributed by atoms with Crippen molar-refractivity contribution in [2.75, 3.05) is 39.6 Å². The zero-order chi connectivity index (χ0) is 61.5. The molecule has 3 N–H and O–H groups in total. The number of hydrogen-bond acceptors (Lipinski definition) is 15. The van der Waals surface area contributed by atoms with Gasteiger partial charge >= 0.3 is 39.5 Å². The average Bonchev–Trinajstić information content (AvgIpc) is 3.46. The predicted octanol–water partition coefficient (Wildman–Crippen LogP) is 17.7. The van der Waals surface area contributed by atoms with Crippen molar-refractivity contribution in [2.45, 2.75) is 336 Å². The van der Waals surface area contributed by atoms with Gasteiger partial charge in [-0.05, 0) is 37.5 Å². The van der Waals surface area contributed by atoms with Gasteiger partial charge in [-0.1, -0.05) is 266 Å². The van der Waals surface area contributed by atoms with Gasteiger partial charge in [-0.25, -0.2) is 9.13 Å². The van der Waals surface area contributed by atoms with E-state index in [4.69, 9.17) is 37.0 Å². The van der Waals surface area contributed by atoms with E-state index >= 15 is 0 Å². The quantitative estimate of drug-likeness (QED) is 0.0222. The molecule has 0 aliphatic rings. The molecule has 0 aliphatic carbocycles. The van der Waals surface area contributed by atoms with E-state index in [9.17, 15) is 43.2 Å². The van der Waals surface area contributed by atoms with Crippen LogP contribution in [-0.4, -0.2) is 96.7 Å². The second-order valence-electron chi connectivity index (χ2n) is 23.9. The van der Waals surface area contributed by atoms with Crippen molar-refractivity contribution in [3.63, 3.8) is 0 Å². The van der Waals surface area contributed by atoms with E-state index in [1.807, 2.05) is 0 Å². The molecule has 6 atom stereocenters. The van der Waals surface area contributed by atoms with Crippen LogP contribution >= 0.6 is 15.6 Å². The molecule has 0 saturated heterocycles. The normalized spacial score (nSPS) is 14.6. The summed E-state index contributed by atoms with van der Waals surface area (Å²) in [4.78, 5) is 72.0. The highest BCUT2D eigenvalue weighted by molar-refractivity contribution is 7.47. The standard InChI is InChI=1S/C64H124O17P2/c1-7-10-12-14-15-16-17-18-19-20-21-26-29-36-42-48-63(68)80-60(53-75-62(67)47-41-35-28-25-23-22-24-27-33-38-44-56(4)5)55-79-83(72,73)77-51-58(65)50-76-82(70,71)78-54-59(52-74-61(66)46-40-32-13-11-8-2)81-64(69)49-43-37-31-30-34-39-45-57(6)9-3/h56-60,65H,7-55H2,1-6H3,(H,70,71)(H,72,73)/t57?,58-,59+,60+/m0/s1. The molecular formula is C64H124O17P2. The summed E-state index contributed by atoms with van der Waals surface area (Å²) in [5.41, 5.74) is 0. The van der Waals surface area contributed by atoms with Gasteiger partial charge in [0.2, 0.25) is 0 Å². The summed E-state index contributed by atoms with van der Waals surface area (Å²) in [6, 6.07) is 0. The minimum Gasteiger partial charge on any atom is -0.462 e. The predicted molar refractivity (Wildman–Crippen MR) is 331 cm³/mol. The van der Waals surface area contributed by atoms with Crippen LogP contribution in [0.15, 0.2) is 0 Å². The molecule has 0 saturated carbocycles. The van der Waals surface area contributed by atoms with Crippen molar-refractivity contribution in [2.24, 2.45) is 11.8 Å². The minimum absolute atomic E-state index is 0.102. The number of aliphatic hydroxyl groups excluding tert-OH is 1. The molecule has 0 rings (SSSR count). The number of ether oxygens (including phenoxy) is 4. The van der Waals surface area contributed by atoms with Crippen molar-refractivity contribution < 1.29 is 80.2 Å². The second kappa shape index (κ2) is 56.6. The summed E-state index contributed by atoms with van der Waals surface area (Å²) in [5.74, 6) is -0.666. The van der Waals surface area contributed by atoms with Gasteiger partial charge in [0.25, 0.3) is 0 Å². The topological polar surface area (TPSA) is 237 Å². The maximum Gasteiger partial charge on any atom is 0.472 e. The Bertz CT molecular complexity index is 1630. The highest BCUT2D eigenvalue weighted by Gasteiger charge is 2.30. The lowest BCUT2D eigenvalue weighted by Gasteiger charge is -2.21. The molecule has 0 aromatic carbocycles. The van der Waals surface area contributed by atoms with E-state index in [1.54, 1.807) is 0 Å². The molecule has 0 aromatic heterocycles. The fourth-order valence-corrected chi connectivity index (χ4v) is 11.1. The van der Waals surface area contributed by atoms with Crippen LogP contribution in [0.2, 0.25) is 0 Å². The summed E-state index contributed by atoms with van der Waals surface area (Å²) >= 11 is 0. The number of hydrogen-bond donors (Lipinski definition) is 3. The maximum absolute atomic E-state index is 13.0. The van der Waals surface area contributed by atoms with Crippen molar-refractivity contribution in [1.82, 2.24) is 0 Å². The number of carbonyl (C=O) groups is 4. The summed E-state index contributed by atoms with van der Waals surface area (Å²) < 4.78 is 67.8. The van der Waals surface area contributed by atoms with E-state index in [2.05, 4.69) is 41.5 Å². The van der Waals surface area contributed by atoms with Gasteiger partial charge in [-0.15, -0.1) is 0 Å². The molecule has 0 aromatic rings. The van der Waals surface area contributed by atoms with E-state index in [0.29, 0.717) is 25.7 Å². The first-order valence-electron chi connectivity index (χ1n) is 33.5. The number of unbranched alkanes of at least 4 members (excludes halogenated alkanes) is 32. The van der Waals surface area contributed by atoms with E-state index in [-0.39, 0.29) is 25.7 Å². The third kappa shape index (κ3) is 57.6. The van der Waals surface area contributed by atoms with Crippen LogP contribution in [0.5, 0.6) is 0 Å². The Morgan fingerprint density at radius 1 is 0.349 bits per heavy atom. The molecule has 492 valence electrons. The van der Waals surface area contributed by atoms with Crippen molar-refractivity contribution >= 4 is 39.5 Å². The summed E-state index contributed by atoms with van der Waals surface area (Å²) in [7, 11) is -9.88. The third-order valence-corrected chi connectivity index (χ3v) is 17.0. The number of rotatable bonds is 63. The third-order valence-electron chi connectivity index (χ3n) is 15.1. The lowest BCUT2D eigenvalue weighted by atomic mass is 10.00. The number of phosphoric ester groups is 2. The molecule has 0 heterocycles. The molecule has 19 heteroatoms. The molecule has 0 bridgehead atoms. The molecule has 0 spiro atoms. The van der Waals surface area contributed by atoms with Crippen LogP contribution in [-0.2, 0) is 65.4 Å². The first-order chi connectivity index (χ1) is 39.9. The van der Waals surface area contributed by atoms with Gasteiger partial charge in [0, 0.05) is 25.7 Å². The monoisotopic (exact) mass is 1230 g/mol. The highest BCUT2D eigenvalue weighted by atomic mass is 31.2. The Hall–Kier alpha value is -1.94. The second-order valence-corrected chi connectivity index (χ2v) is 26.8. The first kappa shape index (κ1) is 81.1. The zero-order valence-electron chi connectivity index (χ0n) is 53.5. The van der Waals surface area contributed by atoms with Crippen molar-refractivity contribution in [1.29, 1.82) is 0 Å². The summed E-state index contributed by atoms with van der Waals surface area (Å²) in [6.45, 7) is 9.36. The van der Waals surface area contributed by atoms with Crippen molar-refractivity contribution in [3.05, 3.63) is 0 Å². The maximum atomic E-state index is 13.0. The Labute approximate surface area is 505 Å². The molecule has 0 fully saturated rings. The molecule has 0 amide bonds. The highest BCUT2D eigenvalue weighted by Crippen LogP contribution is 2.45. The van der Waals surface area contributed by atoms with Gasteiger partial charge in [0.05, 0.1) is 26.4 Å². The Kier molecular flexibility index (Phi) is 55.2. The molecule has 0 aliphatic heterocycles. The Balaban J connectivity index is 5.18. The summed E-state index contributed by atoms with van der Waals surface area (Å²) in [5, 5.41) is 10.5. The van der Waals surface area contributed by atoms with Gasteiger partial charge < -0.3 is 33.8 Å². The molecule has 17 nitrogen and oxygen atoms in total. The Morgan fingerprint density at radius 3 is 0.916 bits per heavy atom. The van der Waals surface area contributed by atoms with Crippen LogP contribution in [0.25, 0.3) is 0 Å². The lowest BCUT2D eigenvalue weighted by molar-refractivity contribution is -0.161. The molecular weight excluding hydrogens is 1100 g/mol. The lowest BCUT2D eigenvalue weighted by Crippen LogP contribution is -2.30. The first-order valence-corrected chi connectivity index (χ1v) is 36.5. The molecule has 83 heavy (non-hydrogen) atoms. The van der Waals surface area contributed by atoms with Crippen molar-refractivity contribution in [3.8, 4) is 0 Å². The Morgan fingerprint density at radius 2 is 0.614 bits per heavy atom. The molecule has 0 radical (unpaired) electrons. The smallest absolute Gasteiger partial charge is 0.462 e. The van der Waals surface area contributed by atoms with Crippen LogP contribution < -0.4 is 0 Å². The number of aliphatic hydroxyl groups is 1. The van der Waals surface area contributed by atoms with Gasteiger partial charge in [0.15, 0.2) is 12.2 Å². The van der Waals surface area contributed by atoms with Gasteiger partial charge in [-0.2, -0.15) is 0 Å². The van der Waals surface area contributed by atoms with Crippen LogP contribution in [0.4, 0.5) is 0 Å². The van der Waals surface area contributed by atoms with Crippen LogP contribution in [0, 0.1) is 11.8 Å². The minimum atomic E-state index is -4.94. The zero-order valence-corrected chi connectivity index (χ0v) is 55.3. The van der Waals surface area contributed by atoms with E-state index in [0.717, 1.165) is 108 Å². The number of esters is 4. The van der Waals surface area contributed by atoms with Crippen LogP contribution in [0.1, 0.15) is 318 Å². The van der Waals surface area contributed by atoms with Gasteiger partial charge in [-0.3, -0.25) is 37.3 Å². The number of phosphoric acid groups is 2. The number of carbonyl (C=O) groups excluding carboxylic acids is 4. The average molecular weight is 1230 g/mol. The fourth-order valence-electron chi connectivity index (χ4n) is 9.50.